The average molecular weight is 234 g/mol. The Bertz CT molecular complexity index is 361. The second kappa shape index (κ2) is 4.65. The van der Waals surface area contributed by atoms with E-state index >= 15 is 0 Å². The van der Waals surface area contributed by atoms with E-state index in [9.17, 15) is 5.11 Å². The highest BCUT2D eigenvalue weighted by Crippen LogP contribution is 2.27. The molecule has 1 aromatic rings. The number of hydrogen-bond donors (Lipinski definition) is 2. The smallest absolute Gasteiger partial charge is 0.125 e. The summed E-state index contributed by atoms with van der Waals surface area (Å²) in [7, 11) is 0. The maximum absolute atomic E-state index is 9.20. The number of aromatic nitrogens is 1. The normalized spacial score (nSPS) is 24.2. The lowest BCUT2D eigenvalue weighted by atomic mass is 9.82. The van der Waals surface area contributed by atoms with Crippen molar-refractivity contribution in [2.45, 2.75) is 45.1 Å². The van der Waals surface area contributed by atoms with E-state index in [-0.39, 0.29) is 11.5 Å². The number of pyridine rings is 1. The Hall–Kier alpha value is -1.09. The van der Waals surface area contributed by atoms with E-state index < -0.39 is 0 Å². The van der Waals surface area contributed by atoms with Gasteiger partial charge in [-0.1, -0.05) is 26.8 Å². The first-order valence-corrected chi connectivity index (χ1v) is 6.33. The minimum absolute atomic E-state index is 0.0713. The van der Waals surface area contributed by atoms with Crippen molar-refractivity contribution in [3.63, 3.8) is 0 Å². The van der Waals surface area contributed by atoms with Gasteiger partial charge < -0.3 is 10.4 Å². The number of nitrogens with one attached hydrogen (secondary N) is 1. The van der Waals surface area contributed by atoms with Crippen molar-refractivity contribution < 1.29 is 5.11 Å². The summed E-state index contributed by atoms with van der Waals surface area (Å²) in [4.78, 5) is 4.42. The highest BCUT2D eigenvalue weighted by atomic mass is 16.3. The Morgan fingerprint density at radius 1 is 1.35 bits per heavy atom. The Kier molecular flexibility index (Phi) is 3.38. The van der Waals surface area contributed by atoms with Gasteiger partial charge in [0.1, 0.15) is 5.82 Å². The molecule has 1 aromatic heterocycles. The lowest BCUT2D eigenvalue weighted by molar-refractivity contribution is 0.0486. The Morgan fingerprint density at radius 3 is 2.53 bits per heavy atom. The molecule has 0 spiro atoms. The van der Waals surface area contributed by atoms with Crippen LogP contribution in [0.4, 0.5) is 5.82 Å². The van der Waals surface area contributed by atoms with Gasteiger partial charge in [-0.05, 0) is 35.8 Å². The number of aliphatic hydroxyl groups excluding tert-OH is 1. The van der Waals surface area contributed by atoms with Crippen LogP contribution < -0.4 is 5.32 Å². The van der Waals surface area contributed by atoms with Gasteiger partial charge in [0.25, 0.3) is 0 Å². The van der Waals surface area contributed by atoms with Crippen LogP contribution in [0, 0.1) is 5.92 Å². The number of hydrogen-bond acceptors (Lipinski definition) is 3. The third-order valence-electron chi connectivity index (χ3n) is 3.41. The average Bonchev–Trinajstić information content (AvgIpc) is 2.22. The molecule has 3 nitrogen and oxygen atoms in total. The van der Waals surface area contributed by atoms with Crippen molar-refractivity contribution in [2.75, 3.05) is 11.9 Å². The van der Waals surface area contributed by atoms with Crippen LogP contribution >= 0.6 is 0 Å². The van der Waals surface area contributed by atoms with Gasteiger partial charge in [-0.15, -0.1) is 0 Å². The molecule has 0 radical (unpaired) electrons. The van der Waals surface area contributed by atoms with Crippen LogP contribution in [0.2, 0.25) is 0 Å². The molecule has 94 valence electrons. The molecule has 3 heteroatoms. The summed E-state index contributed by atoms with van der Waals surface area (Å²) in [5.41, 5.74) is 1.41. The monoisotopic (exact) mass is 234 g/mol. The molecule has 17 heavy (non-hydrogen) atoms. The summed E-state index contributed by atoms with van der Waals surface area (Å²) in [5.74, 6) is 1.54. The molecule has 1 aliphatic rings. The molecule has 0 amide bonds. The van der Waals surface area contributed by atoms with Crippen LogP contribution in [-0.2, 0) is 5.41 Å². The first-order valence-electron chi connectivity index (χ1n) is 6.33. The van der Waals surface area contributed by atoms with Crippen molar-refractivity contribution in [1.29, 1.82) is 0 Å². The number of nitrogens with zero attached hydrogens (tertiary/aromatic N) is 1. The Labute approximate surface area is 103 Å². The lowest BCUT2D eigenvalue weighted by Crippen LogP contribution is -2.33. The van der Waals surface area contributed by atoms with Crippen molar-refractivity contribution in [2.24, 2.45) is 5.92 Å². The van der Waals surface area contributed by atoms with Crippen LogP contribution in [0.5, 0.6) is 0 Å². The SMILES string of the molecule is CC(C)(C)c1ccc(NCC2CC(O)C2)nc1. The largest absolute Gasteiger partial charge is 0.393 e. The molecule has 0 unspecified atom stereocenters. The van der Waals surface area contributed by atoms with Gasteiger partial charge >= 0.3 is 0 Å². The Balaban J connectivity index is 1.86. The van der Waals surface area contributed by atoms with Gasteiger partial charge in [0.15, 0.2) is 0 Å². The van der Waals surface area contributed by atoms with E-state index in [1.807, 2.05) is 12.3 Å². The van der Waals surface area contributed by atoms with Crippen LogP contribution in [0.25, 0.3) is 0 Å². The molecule has 0 atom stereocenters. The lowest BCUT2D eigenvalue weighted by Gasteiger charge is -2.31. The molecule has 1 saturated carbocycles. The predicted molar refractivity (Wildman–Crippen MR) is 70.2 cm³/mol. The van der Waals surface area contributed by atoms with E-state index in [0.29, 0.717) is 5.92 Å². The summed E-state index contributed by atoms with van der Waals surface area (Å²) < 4.78 is 0. The second-order valence-electron chi connectivity index (χ2n) is 6.05. The van der Waals surface area contributed by atoms with Crippen LogP contribution in [0.15, 0.2) is 18.3 Å². The van der Waals surface area contributed by atoms with E-state index in [0.717, 1.165) is 25.2 Å². The number of rotatable bonds is 3. The van der Waals surface area contributed by atoms with Gasteiger partial charge in [-0.2, -0.15) is 0 Å². The van der Waals surface area contributed by atoms with Gasteiger partial charge in [-0.3, -0.25) is 0 Å². The summed E-state index contributed by atoms with van der Waals surface area (Å²) in [6.07, 6.45) is 3.72. The molecule has 0 saturated heterocycles. The summed E-state index contributed by atoms with van der Waals surface area (Å²) in [6, 6.07) is 4.17. The minimum atomic E-state index is -0.0713. The maximum atomic E-state index is 9.20. The van der Waals surface area contributed by atoms with Gasteiger partial charge in [-0.25, -0.2) is 4.98 Å². The quantitative estimate of drug-likeness (QED) is 0.845. The van der Waals surface area contributed by atoms with E-state index in [1.165, 1.54) is 5.56 Å². The zero-order valence-corrected chi connectivity index (χ0v) is 10.9. The van der Waals surface area contributed by atoms with Gasteiger partial charge in [0.05, 0.1) is 6.10 Å². The topological polar surface area (TPSA) is 45.1 Å². The number of anilines is 1. The van der Waals surface area contributed by atoms with E-state index in [2.05, 4.69) is 37.1 Å². The molecular formula is C14H22N2O. The summed E-state index contributed by atoms with van der Waals surface area (Å²) in [5, 5.41) is 12.5. The highest BCUT2D eigenvalue weighted by Gasteiger charge is 2.26. The molecule has 1 heterocycles. The van der Waals surface area contributed by atoms with E-state index in [4.69, 9.17) is 0 Å². The van der Waals surface area contributed by atoms with Crippen molar-refractivity contribution in [3.05, 3.63) is 23.9 Å². The van der Waals surface area contributed by atoms with Crippen molar-refractivity contribution >= 4 is 5.82 Å². The maximum Gasteiger partial charge on any atom is 0.125 e. The minimum Gasteiger partial charge on any atom is -0.393 e. The molecule has 1 aliphatic carbocycles. The fourth-order valence-corrected chi connectivity index (χ4v) is 2.06. The highest BCUT2D eigenvalue weighted by molar-refractivity contribution is 5.37. The Morgan fingerprint density at radius 2 is 2.06 bits per heavy atom. The van der Waals surface area contributed by atoms with Crippen LogP contribution in [0.3, 0.4) is 0 Å². The van der Waals surface area contributed by atoms with Gasteiger partial charge in [0, 0.05) is 12.7 Å². The first kappa shape index (κ1) is 12.4. The molecule has 1 fully saturated rings. The third-order valence-corrected chi connectivity index (χ3v) is 3.41. The van der Waals surface area contributed by atoms with E-state index in [1.54, 1.807) is 0 Å². The fourth-order valence-electron chi connectivity index (χ4n) is 2.06. The standard InChI is InChI=1S/C14H22N2O/c1-14(2,3)11-4-5-13(16-9-11)15-8-10-6-12(17)7-10/h4-5,9-10,12,17H,6-8H2,1-3H3,(H,15,16). The molecule has 2 rings (SSSR count). The number of aliphatic hydroxyl groups is 1. The van der Waals surface area contributed by atoms with Gasteiger partial charge in [0.2, 0.25) is 0 Å². The molecule has 0 bridgehead atoms. The van der Waals surface area contributed by atoms with Crippen molar-refractivity contribution in [1.82, 2.24) is 4.98 Å². The van der Waals surface area contributed by atoms with Crippen LogP contribution in [0.1, 0.15) is 39.2 Å². The second-order valence-corrected chi connectivity index (χ2v) is 6.05. The first-order chi connectivity index (χ1) is 7.95. The zero-order chi connectivity index (χ0) is 12.5. The molecular weight excluding hydrogens is 212 g/mol. The summed E-state index contributed by atoms with van der Waals surface area (Å²) >= 11 is 0. The molecule has 0 aliphatic heterocycles. The zero-order valence-electron chi connectivity index (χ0n) is 10.9. The molecule has 0 aromatic carbocycles. The summed E-state index contributed by atoms with van der Waals surface area (Å²) in [6.45, 7) is 7.48. The molecule has 2 N–H and O–H groups in total. The fraction of sp³-hybridized carbons (Fsp3) is 0.643. The van der Waals surface area contributed by atoms with Crippen molar-refractivity contribution in [3.8, 4) is 0 Å². The van der Waals surface area contributed by atoms with Crippen LogP contribution in [-0.4, -0.2) is 22.7 Å². The predicted octanol–water partition coefficient (Wildman–Crippen LogP) is 2.56. The third kappa shape index (κ3) is 3.19.